The summed E-state index contributed by atoms with van der Waals surface area (Å²) in [5.41, 5.74) is 1.51. The van der Waals surface area contributed by atoms with Crippen LogP contribution in [0.1, 0.15) is 12.1 Å². The van der Waals surface area contributed by atoms with Crippen molar-refractivity contribution in [3.63, 3.8) is 0 Å². The standard InChI is InChI=1S/C12H13N3O3/c1-18-11-5-3-10(4-6-11)15-8-9(13-14-15)2-7-12(16)17/h3-6,8H,2,7H2,1H3,(H,16,17). The first-order valence-electron chi connectivity index (χ1n) is 5.46. The van der Waals surface area contributed by atoms with Gasteiger partial charge in [-0.3, -0.25) is 4.79 Å². The minimum absolute atomic E-state index is 0.0569. The molecule has 1 N–H and O–H groups in total. The lowest BCUT2D eigenvalue weighted by Crippen LogP contribution is -1.97. The zero-order chi connectivity index (χ0) is 13.0. The molecule has 0 saturated heterocycles. The Kier molecular flexibility index (Phi) is 3.57. The summed E-state index contributed by atoms with van der Waals surface area (Å²) in [5.74, 6) is -0.0704. The van der Waals surface area contributed by atoms with E-state index in [1.54, 1.807) is 18.0 Å². The molecule has 6 nitrogen and oxygen atoms in total. The maximum Gasteiger partial charge on any atom is 0.303 e. The average Bonchev–Trinajstić information content (AvgIpc) is 2.85. The number of aryl methyl sites for hydroxylation is 1. The van der Waals surface area contributed by atoms with Gasteiger partial charge in [-0.1, -0.05) is 5.21 Å². The van der Waals surface area contributed by atoms with Crippen LogP contribution < -0.4 is 4.74 Å². The number of nitrogens with zero attached hydrogens (tertiary/aromatic N) is 3. The van der Waals surface area contributed by atoms with Crippen molar-refractivity contribution >= 4 is 5.97 Å². The minimum atomic E-state index is -0.839. The lowest BCUT2D eigenvalue weighted by Gasteiger charge is -2.01. The van der Waals surface area contributed by atoms with Gasteiger partial charge in [0.05, 0.1) is 31.1 Å². The number of aliphatic carboxylic acids is 1. The van der Waals surface area contributed by atoms with E-state index in [-0.39, 0.29) is 6.42 Å². The summed E-state index contributed by atoms with van der Waals surface area (Å²) in [6, 6.07) is 7.37. The van der Waals surface area contributed by atoms with Crippen LogP contribution in [0.2, 0.25) is 0 Å². The quantitative estimate of drug-likeness (QED) is 0.861. The monoisotopic (exact) mass is 247 g/mol. The molecule has 6 heteroatoms. The zero-order valence-electron chi connectivity index (χ0n) is 9.91. The van der Waals surface area contributed by atoms with Crippen LogP contribution >= 0.6 is 0 Å². The van der Waals surface area contributed by atoms with E-state index in [9.17, 15) is 4.79 Å². The molecular formula is C12H13N3O3. The number of carboxylic acid groups (broad SMARTS) is 1. The van der Waals surface area contributed by atoms with Crippen LogP contribution in [0.3, 0.4) is 0 Å². The van der Waals surface area contributed by atoms with Gasteiger partial charge in [-0.15, -0.1) is 5.10 Å². The van der Waals surface area contributed by atoms with Gasteiger partial charge in [0.1, 0.15) is 5.75 Å². The van der Waals surface area contributed by atoms with Crippen LogP contribution in [0.4, 0.5) is 0 Å². The topological polar surface area (TPSA) is 77.2 Å². The lowest BCUT2D eigenvalue weighted by molar-refractivity contribution is -0.136. The summed E-state index contributed by atoms with van der Waals surface area (Å²) >= 11 is 0. The van der Waals surface area contributed by atoms with Gasteiger partial charge in [-0.05, 0) is 24.3 Å². The molecule has 0 aliphatic rings. The summed E-state index contributed by atoms with van der Waals surface area (Å²) in [4.78, 5) is 10.5. The Hall–Kier alpha value is -2.37. The Balaban J connectivity index is 2.10. The van der Waals surface area contributed by atoms with E-state index in [0.717, 1.165) is 11.4 Å². The third kappa shape index (κ3) is 2.85. The SMILES string of the molecule is COc1ccc(-n2cc(CCC(=O)O)nn2)cc1. The number of rotatable bonds is 5. The Morgan fingerprint density at radius 3 is 2.72 bits per heavy atom. The number of methoxy groups -OCH3 is 1. The normalized spacial score (nSPS) is 10.3. The van der Waals surface area contributed by atoms with Gasteiger partial charge in [-0.2, -0.15) is 0 Å². The third-order valence-corrected chi connectivity index (χ3v) is 2.47. The molecule has 94 valence electrons. The van der Waals surface area contributed by atoms with E-state index in [4.69, 9.17) is 9.84 Å². The largest absolute Gasteiger partial charge is 0.497 e. The van der Waals surface area contributed by atoms with Crippen LogP contribution in [-0.4, -0.2) is 33.2 Å². The van der Waals surface area contributed by atoms with Crippen molar-refractivity contribution in [2.24, 2.45) is 0 Å². The van der Waals surface area contributed by atoms with Crippen molar-refractivity contribution < 1.29 is 14.6 Å². The van der Waals surface area contributed by atoms with Gasteiger partial charge in [0.15, 0.2) is 0 Å². The highest BCUT2D eigenvalue weighted by Gasteiger charge is 2.05. The molecule has 1 heterocycles. The summed E-state index contributed by atoms with van der Waals surface area (Å²) in [7, 11) is 1.61. The number of carbonyl (C=O) groups is 1. The maximum absolute atomic E-state index is 10.5. The number of aromatic nitrogens is 3. The number of hydrogen-bond donors (Lipinski definition) is 1. The van der Waals surface area contributed by atoms with Crippen LogP contribution in [0, 0.1) is 0 Å². The van der Waals surface area contributed by atoms with E-state index in [2.05, 4.69) is 10.3 Å². The maximum atomic E-state index is 10.5. The van der Waals surface area contributed by atoms with Gasteiger partial charge < -0.3 is 9.84 Å². The van der Waals surface area contributed by atoms with Crippen molar-refractivity contribution in [2.45, 2.75) is 12.8 Å². The third-order valence-electron chi connectivity index (χ3n) is 2.47. The molecule has 0 aliphatic carbocycles. The predicted molar refractivity (Wildman–Crippen MR) is 63.9 cm³/mol. The molecule has 0 aliphatic heterocycles. The Labute approximate surface area is 104 Å². The van der Waals surface area contributed by atoms with E-state index >= 15 is 0 Å². The van der Waals surface area contributed by atoms with Crippen molar-refractivity contribution in [2.75, 3.05) is 7.11 Å². The van der Waals surface area contributed by atoms with Gasteiger partial charge in [-0.25, -0.2) is 4.68 Å². The highest BCUT2D eigenvalue weighted by Crippen LogP contribution is 2.14. The van der Waals surface area contributed by atoms with Gasteiger partial charge in [0.2, 0.25) is 0 Å². The van der Waals surface area contributed by atoms with Crippen LogP contribution in [-0.2, 0) is 11.2 Å². The number of carboxylic acids is 1. The average molecular weight is 247 g/mol. The highest BCUT2D eigenvalue weighted by atomic mass is 16.5. The minimum Gasteiger partial charge on any atom is -0.497 e. The van der Waals surface area contributed by atoms with Crippen molar-refractivity contribution in [1.82, 2.24) is 15.0 Å². The fourth-order valence-electron chi connectivity index (χ4n) is 1.51. The molecule has 0 spiro atoms. The van der Waals surface area contributed by atoms with Gasteiger partial charge >= 0.3 is 5.97 Å². The molecule has 0 amide bonds. The van der Waals surface area contributed by atoms with Crippen LogP contribution in [0.15, 0.2) is 30.5 Å². The van der Waals surface area contributed by atoms with E-state index in [1.807, 2.05) is 24.3 Å². The molecule has 1 aromatic heterocycles. The second-order valence-corrected chi connectivity index (χ2v) is 3.75. The lowest BCUT2D eigenvalue weighted by atomic mass is 10.2. The summed E-state index contributed by atoms with van der Waals surface area (Å²) in [5, 5.41) is 16.5. The molecule has 2 aromatic rings. The second-order valence-electron chi connectivity index (χ2n) is 3.75. The number of benzene rings is 1. The first-order chi connectivity index (χ1) is 8.69. The fraction of sp³-hybridized carbons (Fsp3) is 0.250. The molecule has 0 saturated carbocycles. The highest BCUT2D eigenvalue weighted by molar-refractivity contribution is 5.66. The number of ether oxygens (including phenoxy) is 1. The molecule has 18 heavy (non-hydrogen) atoms. The first-order valence-corrected chi connectivity index (χ1v) is 5.46. The van der Waals surface area contributed by atoms with Gasteiger partial charge in [0, 0.05) is 6.42 Å². The molecule has 0 atom stereocenters. The van der Waals surface area contributed by atoms with Crippen molar-refractivity contribution in [3.8, 4) is 11.4 Å². The molecular weight excluding hydrogens is 234 g/mol. The molecule has 0 fully saturated rings. The van der Waals surface area contributed by atoms with Crippen molar-refractivity contribution in [3.05, 3.63) is 36.2 Å². The molecule has 0 unspecified atom stereocenters. The van der Waals surface area contributed by atoms with Crippen LogP contribution in [0.25, 0.3) is 5.69 Å². The Bertz CT molecular complexity index is 534. The van der Waals surface area contributed by atoms with E-state index in [1.165, 1.54) is 0 Å². The summed E-state index contributed by atoms with van der Waals surface area (Å²) in [6.45, 7) is 0. The molecule has 1 aromatic carbocycles. The Morgan fingerprint density at radius 2 is 2.11 bits per heavy atom. The Morgan fingerprint density at radius 1 is 1.39 bits per heavy atom. The summed E-state index contributed by atoms with van der Waals surface area (Å²) in [6.07, 6.45) is 2.16. The smallest absolute Gasteiger partial charge is 0.303 e. The molecule has 0 radical (unpaired) electrons. The van der Waals surface area contributed by atoms with E-state index < -0.39 is 5.97 Å². The first kappa shape index (κ1) is 12.1. The molecule has 2 rings (SSSR count). The second kappa shape index (κ2) is 5.31. The van der Waals surface area contributed by atoms with Crippen molar-refractivity contribution in [1.29, 1.82) is 0 Å². The summed E-state index contributed by atoms with van der Waals surface area (Å²) < 4.78 is 6.67. The van der Waals surface area contributed by atoms with Gasteiger partial charge in [0.25, 0.3) is 0 Å². The number of hydrogen-bond acceptors (Lipinski definition) is 4. The van der Waals surface area contributed by atoms with E-state index in [0.29, 0.717) is 12.1 Å². The van der Waals surface area contributed by atoms with Crippen LogP contribution in [0.5, 0.6) is 5.75 Å². The zero-order valence-corrected chi connectivity index (χ0v) is 9.91. The molecule has 0 bridgehead atoms. The fourth-order valence-corrected chi connectivity index (χ4v) is 1.51. The predicted octanol–water partition coefficient (Wildman–Crippen LogP) is 1.29.